The first-order chi connectivity index (χ1) is 9.17. The third-order valence-corrected chi connectivity index (χ3v) is 8.66. The first-order valence-corrected chi connectivity index (χ1v) is 9.98. The summed E-state index contributed by atoms with van der Waals surface area (Å²) in [4.78, 5) is 3.38. The average Bonchev–Trinajstić information content (AvgIpc) is 2.34. The van der Waals surface area contributed by atoms with Crippen LogP contribution in [0, 0.1) is 6.57 Å². The highest BCUT2D eigenvalue weighted by Gasteiger charge is 2.36. The molecule has 0 aliphatic carbocycles. The summed E-state index contributed by atoms with van der Waals surface area (Å²) < 4.78 is 6.15. The molecule has 0 fully saturated rings. The zero-order valence-corrected chi connectivity index (χ0v) is 14.3. The molecule has 0 saturated carbocycles. The van der Waals surface area contributed by atoms with Crippen molar-refractivity contribution in [2.75, 3.05) is 12.3 Å². The van der Waals surface area contributed by atoms with Crippen molar-refractivity contribution in [3.63, 3.8) is 0 Å². The molecular weight excluding hydrogens is 264 g/mol. The number of rotatable bonds is 5. The van der Waals surface area contributed by atoms with E-state index in [9.17, 15) is 0 Å². The number of nitrogens with two attached hydrogens (primary N) is 1. The third-order valence-electron chi connectivity index (χ3n) is 4.12. The van der Waals surface area contributed by atoms with E-state index in [0.29, 0.717) is 11.4 Å². The molecule has 0 amide bonds. The Morgan fingerprint density at radius 1 is 1.30 bits per heavy atom. The van der Waals surface area contributed by atoms with E-state index in [2.05, 4.69) is 38.7 Å². The Morgan fingerprint density at radius 2 is 1.95 bits per heavy atom. The lowest BCUT2D eigenvalue weighted by molar-refractivity contribution is 0.282. The zero-order chi connectivity index (χ0) is 15.4. The Hall–Kier alpha value is -1.31. The third kappa shape index (κ3) is 4.36. The summed E-state index contributed by atoms with van der Waals surface area (Å²) in [5, 5.41) is 0.253. The van der Waals surface area contributed by atoms with E-state index in [1.165, 1.54) is 0 Å². The highest BCUT2D eigenvalue weighted by atomic mass is 28.4. The molecular formula is C16H26N2OSi. The minimum Gasteiger partial charge on any atom is -0.417 e. The normalized spacial score (nSPS) is 12.2. The van der Waals surface area contributed by atoms with Gasteiger partial charge in [-0.25, -0.2) is 4.85 Å². The SMILES string of the molecule is [C-]#[N+]c1ccc(CCCO[Si](C)(C)C(C)(C)C)c(N)c1. The lowest BCUT2D eigenvalue weighted by Crippen LogP contribution is -2.41. The molecule has 0 aliphatic rings. The van der Waals surface area contributed by atoms with Crippen LogP contribution in [0.3, 0.4) is 0 Å². The van der Waals surface area contributed by atoms with Crippen molar-refractivity contribution in [3.8, 4) is 0 Å². The van der Waals surface area contributed by atoms with Gasteiger partial charge in [0.1, 0.15) is 0 Å². The first kappa shape index (κ1) is 16.7. The molecule has 3 nitrogen and oxygen atoms in total. The quantitative estimate of drug-likeness (QED) is 0.367. The van der Waals surface area contributed by atoms with Crippen molar-refractivity contribution >= 4 is 19.7 Å². The number of hydrogen-bond acceptors (Lipinski definition) is 2. The standard InChI is InChI=1S/C16H26N2OSi/c1-16(2,3)20(5,6)19-11-7-8-13-9-10-14(18-4)12-15(13)17/h9-10,12H,7-8,11,17H2,1-3,5-6H3. The van der Waals surface area contributed by atoms with Gasteiger partial charge >= 0.3 is 0 Å². The van der Waals surface area contributed by atoms with Crippen molar-refractivity contribution in [3.05, 3.63) is 35.2 Å². The Balaban J connectivity index is 2.48. The first-order valence-electron chi connectivity index (χ1n) is 7.07. The summed E-state index contributed by atoms with van der Waals surface area (Å²) in [7, 11) is -1.64. The second-order valence-corrected chi connectivity index (χ2v) is 11.5. The van der Waals surface area contributed by atoms with Gasteiger partial charge in [0.15, 0.2) is 14.0 Å². The molecule has 20 heavy (non-hydrogen) atoms. The maximum atomic E-state index is 6.96. The van der Waals surface area contributed by atoms with Crippen LogP contribution in [0.5, 0.6) is 0 Å². The molecule has 0 bridgehead atoms. The van der Waals surface area contributed by atoms with E-state index in [1.54, 1.807) is 6.07 Å². The highest BCUT2D eigenvalue weighted by Crippen LogP contribution is 2.36. The van der Waals surface area contributed by atoms with Crippen LogP contribution in [0.4, 0.5) is 11.4 Å². The maximum absolute atomic E-state index is 6.96. The molecule has 0 radical (unpaired) electrons. The summed E-state index contributed by atoms with van der Waals surface area (Å²) >= 11 is 0. The van der Waals surface area contributed by atoms with Crippen molar-refractivity contribution in [2.45, 2.75) is 51.7 Å². The monoisotopic (exact) mass is 290 g/mol. The summed E-state index contributed by atoms with van der Waals surface area (Å²) in [6.45, 7) is 19.0. The summed E-state index contributed by atoms with van der Waals surface area (Å²) in [5.74, 6) is 0. The Bertz CT molecular complexity index is 498. The Morgan fingerprint density at radius 3 is 2.45 bits per heavy atom. The van der Waals surface area contributed by atoms with Crippen LogP contribution in [-0.2, 0) is 10.8 Å². The van der Waals surface area contributed by atoms with E-state index in [1.807, 2.05) is 12.1 Å². The number of nitrogen functional groups attached to an aromatic ring is 1. The Kier molecular flexibility index (Phi) is 5.38. The number of aryl methyl sites for hydroxylation is 1. The van der Waals surface area contributed by atoms with Crippen LogP contribution in [0.2, 0.25) is 18.1 Å². The number of anilines is 1. The van der Waals surface area contributed by atoms with Gasteiger partial charge in [0.05, 0.1) is 6.57 Å². The lowest BCUT2D eigenvalue weighted by atomic mass is 10.1. The minimum absolute atomic E-state index is 0.253. The van der Waals surface area contributed by atoms with E-state index >= 15 is 0 Å². The molecule has 0 saturated heterocycles. The fourth-order valence-corrected chi connectivity index (χ4v) is 2.77. The number of hydrogen-bond donors (Lipinski definition) is 1. The Labute approximate surface area is 124 Å². The van der Waals surface area contributed by atoms with Crippen LogP contribution < -0.4 is 5.73 Å². The van der Waals surface area contributed by atoms with E-state index < -0.39 is 8.32 Å². The molecule has 0 aliphatic heterocycles. The molecule has 1 aromatic carbocycles. The van der Waals surface area contributed by atoms with Crippen molar-refractivity contribution in [2.24, 2.45) is 0 Å². The molecule has 4 heteroatoms. The largest absolute Gasteiger partial charge is 0.417 e. The molecule has 0 atom stereocenters. The summed E-state index contributed by atoms with van der Waals surface area (Å²) in [6, 6.07) is 5.53. The molecule has 0 unspecified atom stereocenters. The van der Waals surface area contributed by atoms with E-state index in [0.717, 1.165) is 25.0 Å². The van der Waals surface area contributed by atoms with Crippen molar-refractivity contribution in [1.82, 2.24) is 0 Å². The van der Waals surface area contributed by atoms with Gasteiger partial charge in [-0.2, -0.15) is 0 Å². The van der Waals surface area contributed by atoms with Crippen LogP contribution in [-0.4, -0.2) is 14.9 Å². The fourth-order valence-electron chi connectivity index (χ4n) is 1.69. The fraction of sp³-hybridized carbons (Fsp3) is 0.562. The van der Waals surface area contributed by atoms with Gasteiger partial charge in [-0.15, -0.1) is 0 Å². The molecule has 1 rings (SSSR count). The average molecular weight is 290 g/mol. The van der Waals surface area contributed by atoms with Gasteiger partial charge in [0, 0.05) is 12.3 Å². The molecule has 0 aromatic heterocycles. The molecule has 1 aromatic rings. The summed E-state index contributed by atoms with van der Waals surface area (Å²) in [6.07, 6.45) is 1.87. The van der Waals surface area contributed by atoms with Gasteiger partial charge < -0.3 is 10.2 Å². The van der Waals surface area contributed by atoms with Gasteiger partial charge in [-0.1, -0.05) is 32.9 Å². The van der Waals surface area contributed by atoms with E-state index in [4.69, 9.17) is 16.7 Å². The smallest absolute Gasteiger partial charge is 0.191 e. The predicted molar refractivity (Wildman–Crippen MR) is 88.6 cm³/mol. The van der Waals surface area contributed by atoms with Gasteiger partial charge in [-0.3, -0.25) is 0 Å². The van der Waals surface area contributed by atoms with Crippen LogP contribution >= 0.6 is 0 Å². The molecule has 0 spiro atoms. The molecule has 110 valence electrons. The second kappa shape index (κ2) is 6.42. The molecule has 0 heterocycles. The second-order valence-electron chi connectivity index (χ2n) is 6.71. The molecule has 2 N–H and O–H groups in total. The van der Waals surface area contributed by atoms with Gasteiger partial charge in [0.2, 0.25) is 0 Å². The number of benzene rings is 1. The van der Waals surface area contributed by atoms with Crippen LogP contribution in [0.15, 0.2) is 18.2 Å². The number of nitrogens with zero attached hydrogens (tertiary/aromatic N) is 1. The lowest BCUT2D eigenvalue weighted by Gasteiger charge is -2.36. The van der Waals surface area contributed by atoms with Gasteiger partial charge in [-0.05, 0) is 42.6 Å². The van der Waals surface area contributed by atoms with E-state index in [-0.39, 0.29) is 5.04 Å². The predicted octanol–water partition coefficient (Wildman–Crippen LogP) is 4.77. The van der Waals surface area contributed by atoms with Crippen molar-refractivity contribution in [1.29, 1.82) is 0 Å². The van der Waals surface area contributed by atoms with Crippen LogP contribution in [0.25, 0.3) is 4.85 Å². The highest BCUT2D eigenvalue weighted by molar-refractivity contribution is 6.74. The van der Waals surface area contributed by atoms with Crippen molar-refractivity contribution < 1.29 is 4.43 Å². The minimum atomic E-state index is -1.64. The van der Waals surface area contributed by atoms with Crippen LogP contribution in [0.1, 0.15) is 32.8 Å². The van der Waals surface area contributed by atoms with Gasteiger partial charge in [0.25, 0.3) is 0 Å². The maximum Gasteiger partial charge on any atom is 0.191 e. The topological polar surface area (TPSA) is 39.6 Å². The summed E-state index contributed by atoms with van der Waals surface area (Å²) in [5.41, 5.74) is 8.38. The zero-order valence-electron chi connectivity index (χ0n) is 13.3.